The van der Waals surface area contributed by atoms with Crippen molar-refractivity contribution >= 4 is 13.8 Å². The topological polar surface area (TPSA) is 94.1 Å². The molecule has 2 unspecified atom stereocenters. The fraction of sp³-hybridized carbons (Fsp3) is 0.812. The average Bonchev–Trinajstić information content (AvgIpc) is 3.16. The summed E-state index contributed by atoms with van der Waals surface area (Å²) in [5.74, 6) is -0.337. The van der Waals surface area contributed by atoms with E-state index in [0.717, 1.165) is 70.6 Å². The van der Waals surface area contributed by atoms with Gasteiger partial charge in [-0.25, -0.2) is 0 Å². The molecule has 57 heavy (non-hydrogen) atoms. The van der Waals surface area contributed by atoms with Crippen LogP contribution in [0.2, 0.25) is 0 Å². The molecule has 0 fully saturated rings. The second kappa shape index (κ2) is 41.2. The molecule has 0 aromatic heterocycles. The summed E-state index contributed by atoms with van der Waals surface area (Å²) in [4.78, 5) is 25.1. The minimum Gasteiger partial charge on any atom is -0.756 e. The van der Waals surface area contributed by atoms with Crippen LogP contribution in [0.3, 0.4) is 0 Å². The SMILES string of the molecule is CC/C=C\C/C=C\C/C=C\C/C=C\CCCCCCCCCOCC(COP(=O)([O-])OCC[N+](C)(C)C)OC(=O)CCCCCCCCCCCCCCCCC. The van der Waals surface area contributed by atoms with E-state index in [0.29, 0.717) is 24.1 Å². The summed E-state index contributed by atoms with van der Waals surface area (Å²) in [6.45, 7) is 5.29. The number of carbonyl (C=O) groups excluding carboxylic acids is 1. The van der Waals surface area contributed by atoms with E-state index in [1.165, 1.54) is 103 Å². The molecular weight excluding hydrogens is 734 g/mol. The Labute approximate surface area is 352 Å². The zero-order chi connectivity index (χ0) is 42.0. The Balaban J connectivity index is 4.20. The summed E-state index contributed by atoms with van der Waals surface area (Å²) in [5.41, 5.74) is 0. The number of quaternary nitrogens is 1. The lowest BCUT2D eigenvalue weighted by Crippen LogP contribution is -2.37. The van der Waals surface area contributed by atoms with E-state index in [1.54, 1.807) is 0 Å². The van der Waals surface area contributed by atoms with Gasteiger partial charge in [-0.15, -0.1) is 0 Å². The van der Waals surface area contributed by atoms with Crippen LogP contribution >= 0.6 is 7.82 Å². The molecule has 0 spiro atoms. The first-order chi connectivity index (χ1) is 27.6. The minimum absolute atomic E-state index is 0.0235. The quantitative estimate of drug-likeness (QED) is 0.0199. The van der Waals surface area contributed by atoms with Gasteiger partial charge in [-0.2, -0.15) is 0 Å². The molecule has 0 aliphatic heterocycles. The highest BCUT2D eigenvalue weighted by Gasteiger charge is 2.20. The van der Waals surface area contributed by atoms with E-state index in [9.17, 15) is 14.3 Å². The maximum Gasteiger partial charge on any atom is 0.306 e. The van der Waals surface area contributed by atoms with E-state index in [2.05, 4.69) is 62.5 Å². The molecule has 0 radical (unpaired) electrons. The molecule has 0 amide bonds. The number of ether oxygens (including phenoxy) is 2. The van der Waals surface area contributed by atoms with E-state index >= 15 is 0 Å². The summed E-state index contributed by atoms with van der Waals surface area (Å²) < 4.78 is 34.6. The lowest BCUT2D eigenvalue weighted by molar-refractivity contribution is -0.870. The second-order valence-electron chi connectivity index (χ2n) is 16.7. The van der Waals surface area contributed by atoms with Crippen LogP contribution in [0.15, 0.2) is 48.6 Å². The molecule has 0 rings (SSSR count). The Morgan fingerprint density at radius 1 is 0.561 bits per heavy atom. The molecule has 0 aromatic carbocycles. The Morgan fingerprint density at radius 2 is 1.02 bits per heavy atom. The third kappa shape index (κ3) is 45.4. The number of phosphoric ester groups is 1. The Kier molecular flexibility index (Phi) is 40.1. The van der Waals surface area contributed by atoms with E-state index in [4.69, 9.17) is 18.5 Å². The number of unbranched alkanes of at least 4 members (excludes halogenated alkanes) is 21. The van der Waals surface area contributed by atoms with Gasteiger partial charge in [-0.05, 0) is 51.4 Å². The van der Waals surface area contributed by atoms with Crippen molar-refractivity contribution in [3.05, 3.63) is 48.6 Å². The number of hydrogen-bond donors (Lipinski definition) is 0. The molecule has 0 saturated heterocycles. The van der Waals surface area contributed by atoms with Gasteiger partial charge in [0.05, 0.1) is 34.4 Å². The molecule has 0 aromatic rings. The van der Waals surface area contributed by atoms with Crippen LogP contribution in [0, 0.1) is 0 Å². The van der Waals surface area contributed by atoms with Gasteiger partial charge in [0.15, 0.2) is 0 Å². The summed E-state index contributed by atoms with van der Waals surface area (Å²) in [7, 11) is 1.35. The Hall–Kier alpha value is -1.54. The van der Waals surface area contributed by atoms with Crippen molar-refractivity contribution in [3.63, 3.8) is 0 Å². The van der Waals surface area contributed by atoms with Gasteiger partial charge in [-0.3, -0.25) is 9.36 Å². The molecule has 0 aliphatic rings. The Morgan fingerprint density at radius 3 is 1.53 bits per heavy atom. The van der Waals surface area contributed by atoms with Crippen molar-refractivity contribution < 1.29 is 37.3 Å². The van der Waals surface area contributed by atoms with Crippen molar-refractivity contribution in [1.82, 2.24) is 0 Å². The van der Waals surface area contributed by atoms with Gasteiger partial charge < -0.3 is 27.9 Å². The van der Waals surface area contributed by atoms with E-state index in [1.807, 2.05) is 21.1 Å². The Bertz CT molecular complexity index is 1050. The van der Waals surface area contributed by atoms with Crippen LogP contribution in [0.1, 0.15) is 194 Å². The average molecular weight is 824 g/mol. The molecule has 0 saturated carbocycles. The first-order valence-electron chi connectivity index (χ1n) is 23.4. The third-order valence-corrected chi connectivity index (χ3v) is 10.9. The first-order valence-corrected chi connectivity index (χ1v) is 24.8. The molecule has 0 aliphatic carbocycles. The molecule has 9 heteroatoms. The van der Waals surface area contributed by atoms with Gasteiger partial charge in [-0.1, -0.05) is 184 Å². The molecule has 0 bridgehead atoms. The van der Waals surface area contributed by atoms with Crippen molar-refractivity contribution in [2.45, 2.75) is 200 Å². The molecular formula is C48H90NO7P. The standard InChI is InChI=1S/C48H90NO7P/c1-6-8-10-12-14-16-18-20-22-23-24-25-26-28-30-32-34-36-38-40-43-53-45-47(46-55-57(51,52)54-44-42-49(3,4)5)56-48(50)41-39-37-35-33-31-29-27-21-19-17-15-13-11-9-7-2/h8,10,14,16,20,22,24-25,47H,6-7,9,11-13,15,17-19,21,23,26-46H2,1-5H3/b10-8-,16-14-,22-20-,25-24-. The van der Waals surface area contributed by atoms with E-state index in [-0.39, 0.29) is 25.8 Å². The van der Waals surface area contributed by atoms with Gasteiger partial charge in [0.1, 0.15) is 19.3 Å². The predicted octanol–water partition coefficient (Wildman–Crippen LogP) is 13.3. The lowest BCUT2D eigenvalue weighted by Gasteiger charge is -2.28. The second-order valence-corrected chi connectivity index (χ2v) is 18.2. The summed E-state index contributed by atoms with van der Waals surface area (Å²) in [6.07, 6.45) is 49.8. The zero-order valence-electron chi connectivity index (χ0n) is 37.8. The maximum absolute atomic E-state index is 12.7. The van der Waals surface area contributed by atoms with E-state index < -0.39 is 13.9 Å². The zero-order valence-corrected chi connectivity index (χ0v) is 38.7. The third-order valence-electron chi connectivity index (χ3n) is 9.89. The van der Waals surface area contributed by atoms with Crippen LogP contribution in [0.4, 0.5) is 0 Å². The molecule has 334 valence electrons. The largest absolute Gasteiger partial charge is 0.756 e. The number of rotatable bonds is 43. The number of carbonyl (C=O) groups is 1. The van der Waals surface area contributed by atoms with Gasteiger partial charge >= 0.3 is 5.97 Å². The monoisotopic (exact) mass is 824 g/mol. The highest BCUT2D eigenvalue weighted by Crippen LogP contribution is 2.38. The number of nitrogens with zero attached hydrogens (tertiary/aromatic N) is 1. The van der Waals surface area contributed by atoms with Crippen LogP contribution in [-0.4, -0.2) is 70.7 Å². The molecule has 0 N–H and O–H groups in total. The van der Waals surface area contributed by atoms with Crippen molar-refractivity contribution in [1.29, 1.82) is 0 Å². The van der Waals surface area contributed by atoms with Crippen molar-refractivity contribution in [2.75, 3.05) is 54.1 Å². The highest BCUT2D eigenvalue weighted by atomic mass is 31.2. The van der Waals surface area contributed by atoms with Gasteiger partial charge in [0, 0.05) is 13.0 Å². The number of esters is 1. The van der Waals surface area contributed by atoms with Crippen molar-refractivity contribution in [2.24, 2.45) is 0 Å². The predicted molar refractivity (Wildman–Crippen MR) is 240 cm³/mol. The number of allylic oxidation sites excluding steroid dienone is 8. The smallest absolute Gasteiger partial charge is 0.306 e. The van der Waals surface area contributed by atoms with Gasteiger partial charge in [0.2, 0.25) is 0 Å². The van der Waals surface area contributed by atoms with Crippen molar-refractivity contribution in [3.8, 4) is 0 Å². The van der Waals surface area contributed by atoms with Gasteiger partial charge in [0.25, 0.3) is 7.82 Å². The van der Waals surface area contributed by atoms with Crippen LogP contribution in [-0.2, 0) is 27.9 Å². The summed E-state index contributed by atoms with van der Waals surface area (Å²) >= 11 is 0. The van der Waals surface area contributed by atoms with Crippen LogP contribution in [0.25, 0.3) is 0 Å². The molecule has 2 atom stereocenters. The number of phosphoric acid groups is 1. The minimum atomic E-state index is -4.53. The van der Waals surface area contributed by atoms with Crippen LogP contribution < -0.4 is 4.89 Å². The van der Waals surface area contributed by atoms with Crippen LogP contribution in [0.5, 0.6) is 0 Å². The fourth-order valence-corrected chi connectivity index (χ4v) is 7.03. The molecule has 8 nitrogen and oxygen atoms in total. The molecule has 0 heterocycles. The fourth-order valence-electron chi connectivity index (χ4n) is 6.30. The highest BCUT2D eigenvalue weighted by molar-refractivity contribution is 7.45. The maximum atomic E-state index is 12.7. The first kappa shape index (κ1) is 55.5. The summed E-state index contributed by atoms with van der Waals surface area (Å²) in [6, 6.07) is 0. The lowest BCUT2D eigenvalue weighted by atomic mass is 10.0. The number of likely N-dealkylation sites (N-methyl/N-ethyl adjacent to an activating group) is 1. The summed E-state index contributed by atoms with van der Waals surface area (Å²) in [5, 5.41) is 0. The normalized spacial score (nSPS) is 14.1. The number of hydrogen-bond acceptors (Lipinski definition) is 7.